The first kappa shape index (κ1) is 37.4. The summed E-state index contributed by atoms with van der Waals surface area (Å²) in [6.07, 6.45) is 0. The van der Waals surface area contributed by atoms with E-state index >= 15 is 0 Å². The number of hydrogen-bond acceptors (Lipinski definition) is 0. The Morgan fingerprint density at radius 3 is 1.12 bits per heavy atom. The Morgan fingerprint density at radius 2 is 0.544 bits per heavy atom. The van der Waals surface area contributed by atoms with Crippen LogP contribution >= 0.6 is 0 Å². The quantitative estimate of drug-likeness (QED) is 0.151. The minimum Gasteiger partial charge on any atom is -0.0616 e. The summed E-state index contributed by atoms with van der Waals surface area (Å²) in [7, 11) is 0. The van der Waals surface area contributed by atoms with Gasteiger partial charge in [0.1, 0.15) is 0 Å². The first-order chi connectivity index (χ1) is 33.7. The summed E-state index contributed by atoms with van der Waals surface area (Å²) in [6.45, 7) is 0. The zero-order chi connectivity index (χ0) is 44.5. The van der Waals surface area contributed by atoms with Crippen molar-refractivity contribution in [3.63, 3.8) is 0 Å². The van der Waals surface area contributed by atoms with Crippen LogP contribution in [0.5, 0.6) is 0 Å². The van der Waals surface area contributed by atoms with Crippen LogP contribution in [0.3, 0.4) is 0 Å². The number of benzene rings is 15. The molecule has 0 amide bonds. The molecule has 0 radical (unpaired) electrons. The zero-order valence-corrected chi connectivity index (χ0v) is 37.1. The average molecular weight is 857 g/mol. The molecule has 0 unspecified atom stereocenters. The van der Waals surface area contributed by atoms with Crippen LogP contribution in [0.15, 0.2) is 243 Å². The molecule has 15 rings (SSSR count). The van der Waals surface area contributed by atoms with Gasteiger partial charge in [0.2, 0.25) is 0 Å². The monoisotopic (exact) mass is 856 g/mol. The number of rotatable bonds is 5. The van der Waals surface area contributed by atoms with E-state index in [1.165, 1.54) is 153 Å². The first-order valence-electron chi connectivity index (χ1n) is 23.7. The summed E-state index contributed by atoms with van der Waals surface area (Å²) in [5, 5.41) is 23.0. The standard InChI is InChI=1S/C68H40/c1-3-19-50-41(11-1)13-9-23-52(50)55-36-33-49(39-61(55)56-34-29-47-27-25-43-15-7-17-45-31-37-59(56)67(47)64(43)45)66-58-22-6-5-21-54(58)62(40-63(66)53-24-10-14-42-12-2-4-20-51(42)53)57-35-30-48-28-26-44-16-8-18-46-32-38-60(57)68(48)65(44)46/h1-40H. The minimum absolute atomic E-state index is 1.19. The molecule has 68 heavy (non-hydrogen) atoms. The molecule has 0 saturated heterocycles. The topological polar surface area (TPSA) is 0 Å². The van der Waals surface area contributed by atoms with Crippen LogP contribution < -0.4 is 0 Å². The van der Waals surface area contributed by atoms with Crippen molar-refractivity contribution < 1.29 is 0 Å². The fraction of sp³-hybridized carbons (Fsp3) is 0. The van der Waals surface area contributed by atoms with E-state index in [2.05, 4.69) is 243 Å². The van der Waals surface area contributed by atoms with Gasteiger partial charge in [-0.25, -0.2) is 0 Å². The lowest BCUT2D eigenvalue weighted by atomic mass is 9.81. The molecule has 0 aliphatic carbocycles. The van der Waals surface area contributed by atoms with Crippen LogP contribution in [0, 0.1) is 0 Å². The molecule has 0 atom stereocenters. The van der Waals surface area contributed by atoms with E-state index in [1.54, 1.807) is 0 Å². The molecule has 0 heterocycles. The van der Waals surface area contributed by atoms with Gasteiger partial charge in [0.15, 0.2) is 0 Å². The molecule has 0 bridgehead atoms. The van der Waals surface area contributed by atoms with Crippen molar-refractivity contribution in [3.05, 3.63) is 243 Å². The van der Waals surface area contributed by atoms with Crippen molar-refractivity contribution in [2.75, 3.05) is 0 Å². The van der Waals surface area contributed by atoms with E-state index in [4.69, 9.17) is 0 Å². The fourth-order valence-electron chi connectivity index (χ4n) is 12.1. The summed E-state index contributed by atoms with van der Waals surface area (Å²) >= 11 is 0. The molecule has 0 aliphatic rings. The smallest absolute Gasteiger partial charge is 0.00206 e. The van der Waals surface area contributed by atoms with Crippen molar-refractivity contribution in [1.82, 2.24) is 0 Å². The summed E-state index contributed by atoms with van der Waals surface area (Å²) in [5.41, 5.74) is 12.3. The SMILES string of the molecule is c1ccc2c(-c3ccc(-c4c(-c5cccc6ccccc56)cc(-c5ccc6ccc7cccc8ccc5c6c78)c5ccccc45)cc3-c3ccc4ccc5cccc6ccc3c4c56)cccc2c1. The van der Waals surface area contributed by atoms with Gasteiger partial charge in [-0.2, -0.15) is 0 Å². The van der Waals surface area contributed by atoms with Gasteiger partial charge in [0, 0.05) is 0 Å². The van der Waals surface area contributed by atoms with Crippen LogP contribution in [0.4, 0.5) is 0 Å². The van der Waals surface area contributed by atoms with Gasteiger partial charge in [-0.3, -0.25) is 0 Å². The zero-order valence-electron chi connectivity index (χ0n) is 37.1. The predicted molar refractivity (Wildman–Crippen MR) is 294 cm³/mol. The molecule has 0 heteroatoms. The van der Waals surface area contributed by atoms with Gasteiger partial charge in [-0.05, 0) is 165 Å². The maximum absolute atomic E-state index is 2.51. The Kier molecular flexibility index (Phi) is 7.88. The highest BCUT2D eigenvalue weighted by Gasteiger charge is 2.23. The number of hydrogen-bond donors (Lipinski definition) is 0. The molecule has 312 valence electrons. The van der Waals surface area contributed by atoms with E-state index in [0.717, 1.165) is 0 Å². The van der Waals surface area contributed by atoms with Crippen LogP contribution in [-0.2, 0) is 0 Å². The summed E-state index contributed by atoms with van der Waals surface area (Å²) < 4.78 is 0. The van der Waals surface area contributed by atoms with Crippen molar-refractivity contribution in [3.8, 4) is 55.6 Å². The molecule has 0 N–H and O–H groups in total. The van der Waals surface area contributed by atoms with Crippen LogP contribution in [0.1, 0.15) is 0 Å². The third-order valence-corrected chi connectivity index (χ3v) is 15.2. The lowest BCUT2D eigenvalue weighted by molar-refractivity contribution is 1.59. The lowest BCUT2D eigenvalue weighted by Gasteiger charge is -2.22. The van der Waals surface area contributed by atoms with Gasteiger partial charge in [-0.1, -0.05) is 231 Å². The minimum atomic E-state index is 1.19. The Labute approximate surface area is 393 Å². The molecular weight excluding hydrogens is 817 g/mol. The molecule has 15 aromatic carbocycles. The summed E-state index contributed by atoms with van der Waals surface area (Å²) in [4.78, 5) is 0. The summed E-state index contributed by atoms with van der Waals surface area (Å²) in [6, 6.07) is 91.4. The van der Waals surface area contributed by atoms with E-state index in [9.17, 15) is 0 Å². The van der Waals surface area contributed by atoms with Crippen molar-refractivity contribution in [2.24, 2.45) is 0 Å². The van der Waals surface area contributed by atoms with Crippen molar-refractivity contribution >= 4 is 97.0 Å². The molecule has 0 aliphatic heterocycles. The first-order valence-corrected chi connectivity index (χ1v) is 23.7. The third kappa shape index (κ3) is 5.37. The maximum Gasteiger partial charge on any atom is -0.00206 e. The molecule has 0 aromatic heterocycles. The third-order valence-electron chi connectivity index (χ3n) is 15.2. The van der Waals surface area contributed by atoms with E-state index < -0.39 is 0 Å². The molecular formula is C68H40. The average Bonchev–Trinajstić information content (AvgIpc) is 3.41. The Bertz CT molecular complexity index is 4510. The lowest BCUT2D eigenvalue weighted by Crippen LogP contribution is -1.95. The number of fused-ring (bicyclic) bond motifs is 3. The van der Waals surface area contributed by atoms with Crippen molar-refractivity contribution in [1.29, 1.82) is 0 Å². The predicted octanol–water partition coefficient (Wildman–Crippen LogP) is 19.3. The second-order valence-corrected chi connectivity index (χ2v) is 18.6. The fourth-order valence-corrected chi connectivity index (χ4v) is 12.1. The highest BCUT2D eigenvalue weighted by molar-refractivity contribution is 6.28. The largest absolute Gasteiger partial charge is 0.0616 e. The highest BCUT2D eigenvalue weighted by Crippen LogP contribution is 2.50. The molecule has 15 aromatic rings. The van der Waals surface area contributed by atoms with Gasteiger partial charge in [0.25, 0.3) is 0 Å². The van der Waals surface area contributed by atoms with E-state index in [1.807, 2.05) is 0 Å². The van der Waals surface area contributed by atoms with Gasteiger partial charge in [0.05, 0.1) is 0 Å². The Hall–Kier alpha value is -8.84. The molecule has 0 spiro atoms. The highest BCUT2D eigenvalue weighted by atomic mass is 14.3. The Morgan fingerprint density at radius 1 is 0.162 bits per heavy atom. The maximum atomic E-state index is 2.51. The molecule has 0 nitrogen and oxygen atoms in total. The summed E-state index contributed by atoms with van der Waals surface area (Å²) in [5.74, 6) is 0. The van der Waals surface area contributed by atoms with Crippen LogP contribution in [0.2, 0.25) is 0 Å². The van der Waals surface area contributed by atoms with E-state index in [0.29, 0.717) is 0 Å². The van der Waals surface area contributed by atoms with Gasteiger partial charge < -0.3 is 0 Å². The van der Waals surface area contributed by atoms with Crippen LogP contribution in [0.25, 0.3) is 153 Å². The molecule has 0 saturated carbocycles. The Balaban J connectivity index is 1.07. The van der Waals surface area contributed by atoms with Gasteiger partial charge >= 0.3 is 0 Å². The van der Waals surface area contributed by atoms with Crippen LogP contribution in [-0.4, -0.2) is 0 Å². The normalized spacial score (nSPS) is 12.1. The second-order valence-electron chi connectivity index (χ2n) is 18.6. The van der Waals surface area contributed by atoms with E-state index in [-0.39, 0.29) is 0 Å². The molecule has 0 fully saturated rings. The van der Waals surface area contributed by atoms with Crippen molar-refractivity contribution in [2.45, 2.75) is 0 Å². The second kappa shape index (κ2) is 14.3. The van der Waals surface area contributed by atoms with Gasteiger partial charge in [-0.15, -0.1) is 0 Å².